The highest BCUT2D eigenvalue weighted by molar-refractivity contribution is 7.12. The Morgan fingerprint density at radius 2 is 1.89 bits per heavy atom. The summed E-state index contributed by atoms with van der Waals surface area (Å²) in [5.74, 6) is -0.679. The topological polar surface area (TPSA) is 85.2 Å². The van der Waals surface area contributed by atoms with Crippen LogP contribution in [0.15, 0.2) is 53.3 Å². The maximum atomic E-state index is 14.4. The van der Waals surface area contributed by atoms with E-state index in [0.717, 1.165) is 23.4 Å². The summed E-state index contributed by atoms with van der Waals surface area (Å²) in [6.07, 6.45) is 0.835. The van der Waals surface area contributed by atoms with E-state index in [0.29, 0.717) is 27.3 Å². The molecule has 1 atom stereocenters. The van der Waals surface area contributed by atoms with Gasteiger partial charge in [0.25, 0.3) is 11.5 Å². The number of hydrogen-bond acceptors (Lipinski definition) is 6. The van der Waals surface area contributed by atoms with Gasteiger partial charge in [-0.15, -0.1) is 0 Å². The van der Waals surface area contributed by atoms with Crippen molar-refractivity contribution in [3.05, 3.63) is 92.9 Å². The second-order valence-electron chi connectivity index (χ2n) is 9.40. The van der Waals surface area contributed by atoms with Crippen LogP contribution < -0.4 is 5.56 Å². The number of aromatic nitrogens is 3. The van der Waals surface area contributed by atoms with Gasteiger partial charge in [-0.3, -0.25) is 14.2 Å². The summed E-state index contributed by atoms with van der Waals surface area (Å²) in [5.41, 5.74) is 1.88. The molecule has 1 unspecified atom stereocenters. The van der Waals surface area contributed by atoms with E-state index in [1.165, 1.54) is 11.0 Å². The molecule has 2 aromatic heterocycles. The van der Waals surface area contributed by atoms with Gasteiger partial charge in [-0.05, 0) is 54.6 Å². The Morgan fingerprint density at radius 1 is 1.16 bits per heavy atom. The van der Waals surface area contributed by atoms with Crippen molar-refractivity contribution >= 4 is 33.9 Å². The Balaban J connectivity index is 1.92. The van der Waals surface area contributed by atoms with E-state index < -0.39 is 17.8 Å². The number of carbonyl (C=O) groups excluding carboxylic acids is 2. The van der Waals surface area contributed by atoms with Gasteiger partial charge >= 0.3 is 0 Å². The number of carbonyl (C=O) groups is 2. The van der Waals surface area contributed by atoms with Gasteiger partial charge in [0, 0.05) is 18.5 Å². The van der Waals surface area contributed by atoms with Crippen LogP contribution in [0.25, 0.3) is 10.2 Å². The minimum atomic E-state index is -0.653. The minimum absolute atomic E-state index is 0.0914. The zero-order valence-electron chi connectivity index (χ0n) is 21.3. The van der Waals surface area contributed by atoms with Crippen LogP contribution in [-0.2, 0) is 11.3 Å². The smallest absolute Gasteiger partial charge is 0.264 e. The molecule has 9 heteroatoms. The highest BCUT2D eigenvalue weighted by Crippen LogP contribution is 2.31. The summed E-state index contributed by atoms with van der Waals surface area (Å²) in [6, 6.07) is 13.2. The van der Waals surface area contributed by atoms with Crippen molar-refractivity contribution in [2.75, 3.05) is 6.54 Å². The fraction of sp³-hybridized carbons (Fsp3) is 0.321. The van der Waals surface area contributed by atoms with Crippen LogP contribution in [0.2, 0.25) is 0 Å². The molecule has 2 heterocycles. The molecule has 0 N–H and O–H groups in total. The van der Waals surface area contributed by atoms with Gasteiger partial charge < -0.3 is 9.69 Å². The summed E-state index contributed by atoms with van der Waals surface area (Å²) < 4.78 is 20.3. The SMILES string of the molecule is Cc1ccc(C(=O)N(CCC=O)C(c2nc3snc(C)c3c(=O)n2Cc2ccccc2)C(C)C)cc1F. The van der Waals surface area contributed by atoms with E-state index in [1.54, 1.807) is 30.5 Å². The Labute approximate surface area is 218 Å². The highest BCUT2D eigenvalue weighted by atomic mass is 32.1. The Morgan fingerprint density at radius 3 is 2.54 bits per heavy atom. The summed E-state index contributed by atoms with van der Waals surface area (Å²) >= 11 is 1.14. The normalized spacial score (nSPS) is 12.2. The first-order valence-electron chi connectivity index (χ1n) is 12.1. The monoisotopic (exact) mass is 520 g/mol. The zero-order chi connectivity index (χ0) is 26.7. The van der Waals surface area contributed by atoms with Crippen LogP contribution in [0.4, 0.5) is 4.39 Å². The van der Waals surface area contributed by atoms with Gasteiger partial charge in [0.05, 0.1) is 23.7 Å². The molecule has 0 saturated carbocycles. The van der Waals surface area contributed by atoms with Crippen LogP contribution in [0, 0.1) is 25.6 Å². The first-order valence-corrected chi connectivity index (χ1v) is 12.9. The molecule has 0 saturated heterocycles. The molecule has 0 fully saturated rings. The molecule has 4 aromatic rings. The second kappa shape index (κ2) is 11.1. The predicted molar refractivity (Wildman–Crippen MR) is 142 cm³/mol. The number of benzene rings is 2. The van der Waals surface area contributed by atoms with Crippen molar-refractivity contribution in [3.63, 3.8) is 0 Å². The van der Waals surface area contributed by atoms with E-state index >= 15 is 0 Å². The molecule has 0 aliphatic carbocycles. The molecular formula is C28H29FN4O3S. The molecule has 0 bridgehead atoms. The number of aldehydes is 1. The first-order chi connectivity index (χ1) is 17.7. The average molecular weight is 521 g/mol. The molecular weight excluding hydrogens is 491 g/mol. The molecule has 0 spiro atoms. The number of rotatable bonds is 9. The summed E-state index contributed by atoms with van der Waals surface area (Å²) in [4.78, 5) is 45.8. The average Bonchev–Trinajstić information content (AvgIpc) is 3.25. The number of aryl methyl sites for hydroxylation is 2. The van der Waals surface area contributed by atoms with Gasteiger partial charge in [-0.1, -0.05) is 50.2 Å². The number of fused-ring (bicyclic) bond motifs is 1. The molecule has 7 nitrogen and oxygen atoms in total. The van der Waals surface area contributed by atoms with Crippen molar-refractivity contribution < 1.29 is 14.0 Å². The second-order valence-corrected chi connectivity index (χ2v) is 10.2. The Bertz CT molecular complexity index is 1500. The van der Waals surface area contributed by atoms with Gasteiger partial charge in [-0.25, -0.2) is 9.37 Å². The van der Waals surface area contributed by atoms with Crippen molar-refractivity contribution in [3.8, 4) is 0 Å². The Kier molecular flexibility index (Phi) is 7.92. The quantitative estimate of drug-likeness (QED) is 0.287. The number of amides is 1. The van der Waals surface area contributed by atoms with E-state index in [1.807, 2.05) is 44.2 Å². The van der Waals surface area contributed by atoms with Crippen LogP contribution >= 0.6 is 11.5 Å². The molecule has 1 amide bonds. The van der Waals surface area contributed by atoms with Crippen molar-refractivity contribution in [1.82, 2.24) is 18.8 Å². The third-order valence-electron chi connectivity index (χ3n) is 6.38. The summed E-state index contributed by atoms with van der Waals surface area (Å²) in [5, 5.41) is 0.457. The van der Waals surface area contributed by atoms with Crippen LogP contribution in [-0.4, -0.2) is 37.6 Å². The van der Waals surface area contributed by atoms with Crippen LogP contribution in [0.3, 0.4) is 0 Å². The number of nitrogens with zero attached hydrogens (tertiary/aromatic N) is 4. The maximum Gasteiger partial charge on any atom is 0.264 e. The standard InChI is InChI=1S/C28H29FN4O3S/c1-17(2)24(32(13-8-14-34)27(35)21-12-11-18(3)22(29)15-21)25-30-26-23(19(4)31-37-26)28(36)33(25)16-20-9-6-5-7-10-20/h5-7,9-12,14-15,17,24H,8,13,16H2,1-4H3. The third kappa shape index (κ3) is 5.36. The van der Waals surface area contributed by atoms with Crippen molar-refractivity contribution in [2.45, 2.75) is 46.7 Å². The zero-order valence-corrected chi connectivity index (χ0v) is 22.1. The Hall–Kier alpha value is -3.72. The van der Waals surface area contributed by atoms with Gasteiger partial charge in [0.1, 0.15) is 17.9 Å². The van der Waals surface area contributed by atoms with Gasteiger partial charge in [0.15, 0.2) is 4.83 Å². The fourth-order valence-electron chi connectivity index (χ4n) is 4.48. The maximum absolute atomic E-state index is 14.4. The van der Waals surface area contributed by atoms with Crippen molar-refractivity contribution in [2.24, 2.45) is 5.92 Å². The summed E-state index contributed by atoms with van der Waals surface area (Å²) in [6.45, 7) is 7.63. The number of hydrogen-bond donors (Lipinski definition) is 0. The van der Waals surface area contributed by atoms with Gasteiger partial charge in [-0.2, -0.15) is 4.37 Å². The van der Waals surface area contributed by atoms with Crippen molar-refractivity contribution in [1.29, 1.82) is 0 Å². The summed E-state index contributed by atoms with van der Waals surface area (Å²) in [7, 11) is 0. The number of halogens is 1. The minimum Gasteiger partial charge on any atom is -0.328 e. The molecule has 0 aliphatic heterocycles. The molecule has 192 valence electrons. The highest BCUT2D eigenvalue weighted by Gasteiger charge is 2.33. The molecule has 4 rings (SSSR count). The predicted octanol–water partition coefficient (Wildman–Crippen LogP) is 5.09. The van der Waals surface area contributed by atoms with E-state index in [-0.39, 0.29) is 36.6 Å². The molecule has 0 radical (unpaired) electrons. The third-order valence-corrected chi connectivity index (χ3v) is 7.21. The first kappa shape index (κ1) is 26.3. The molecule has 37 heavy (non-hydrogen) atoms. The largest absolute Gasteiger partial charge is 0.328 e. The lowest BCUT2D eigenvalue weighted by molar-refractivity contribution is -0.108. The molecule has 2 aromatic carbocycles. The van der Waals surface area contributed by atoms with Crippen LogP contribution in [0.5, 0.6) is 0 Å². The fourth-order valence-corrected chi connectivity index (χ4v) is 5.25. The van der Waals surface area contributed by atoms with Gasteiger partial charge in [0.2, 0.25) is 0 Å². The lowest BCUT2D eigenvalue weighted by Gasteiger charge is -2.35. The lowest BCUT2D eigenvalue weighted by Crippen LogP contribution is -2.42. The van der Waals surface area contributed by atoms with E-state index in [9.17, 15) is 18.8 Å². The lowest BCUT2D eigenvalue weighted by atomic mass is 9.98. The van der Waals surface area contributed by atoms with E-state index in [4.69, 9.17) is 4.98 Å². The van der Waals surface area contributed by atoms with Crippen LogP contribution in [0.1, 0.15) is 59.3 Å². The van der Waals surface area contributed by atoms with E-state index in [2.05, 4.69) is 4.37 Å². The molecule has 0 aliphatic rings.